The smallest absolute Gasteiger partial charge is 0.245 e. The van der Waals surface area contributed by atoms with Crippen LogP contribution in [0, 0.1) is 18.6 Å². The van der Waals surface area contributed by atoms with Gasteiger partial charge < -0.3 is 5.32 Å². The van der Waals surface area contributed by atoms with Crippen LogP contribution in [0.1, 0.15) is 12.5 Å². The first-order valence-corrected chi connectivity index (χ1v) is 12.0. The lowest BCUT2D eigenvalue weighted by Gasteiger charge is -2.36. The van der Waals surface area contributed by atoms with Gasteiger partial charge in [0.05, 0.1) is 11.6 Å². The number of aromatic nitrogens is 1. The molecular weight excluding hydrogens is 450 g/mol. The van der Waals surface area contributed by atoms with Gasteiger partial charge in [-0.05, 0) is 43.7 Å². The van der Waals surface area contributed by atoms with Crippen LogP contribution in [-0.2, 0) is 14.8 Å². The molecule has 1 aliphatic rings. The van der Waals surface area contributed by atoms with Crippen molar-refractivity contribution in [3.05, 3.63) is 65.9 Å². The molecule has 33 heavy (non-hydrogen) atoms. The Morgan fingerprint density at radius 3 is 2.48 bits per heavy atom. The molecule has 1 aliphatic heterocycles. The molecule has 1 unspecified atom stereocenters. The molecule has 10 heteroatoms. The number of para-hydroxylation sites is 1. The Kier molecular flexibility index (Phi) is 6.42. The van der Waals surface area contributed by atoms with Crippen molar-refractivity contribution in [2.75, 3.05) is 31.5 Å². The summed E-state index contributed by atoms with van der Waals surface area (Å²) in [6, 6.07) is 9.57. The predicted octanol–water partition coefficient (Wildman–Crippen LogP) is 3.15. The van der Waals surface area contributed by atoms with Crippen LogP contribution in [0.2, 0.25) is 0 Å². The van der Waals surface area contributed by atoms with E-state index in [4.69, 9.17) is 0 Å². The van der Waals surface area contributed by atoms with Gasteiger partial charge in [0.25, 0.3) is 0 Å². The molecule has 1 amide bonds. The zero-order valence-corrected chi connectivity index (χ0v) is 19.1. The summed E-state index contributed by atoms with van der Waals surface area (Å²) in [5.41, 5.74) is 1.54. The van der Waals surface area contributed by atoms with Gasteiger partial charge in [-0.2, -0.15) is 4.31 Å². The number of sulfonamides is 1. The highest BCUT2D eigenvalue weighted by Gasteiger charge is 2.33. The maximum absolute atomic E-state index is 13.4. The van der Waals surface area contributed by atoms with E-state index in [0.717, 1.165) is 23.1 Å². The second-order valence-electron chi connectivity index (χ2n) is 8.07. The number of nitrogens with one attached hydrogen (secondary N) is 1. The molecule has 0 aliphatic carbocycles. The zero-order valence-electron chi connectivity index (χ0n) is 18.3. The second kappa shape index (κ2) is 9.12. The Balaban J connectivity index is 1.44. The van der Waals surface area contributed by atoms with Crippen molar-refractivity contribution in [2.24, 2.45) is 0 Å². The van der Waals surface area contributed by atoms with Gasteiger partial charge >= 0.3 is 0 Å². The fourth-order valence-electron chi connectivity index (χ4n) is 3.91. The average molecular weight is 475 g/mol. The Labute approximate surface area is 191 Å². The topological polar surface area (TPSA) is 82.6 Å². The third-order valence-corrected chi connectivity index (χ3v) is 7.75. The largest absolute Gasteiger partial charge is 0.325 e. The van der Waals surface area contributed by atoms with Crippen molar-refractivity contribution in [3.8, 4) is 0 Å². The van der Waals surface area contributed by atoms with Crippen LogP contribution in [0.3, 0.4) is 0 Å². The molecule has 4 rings (SSSR count). The van der Waals surface area contributed by atoms with Gasteiger partial charge in [0.15, 0.2) is 11.6 Å². The molecule has 1 aromatic heterocycles. The van der Waals surface area contributed by atoms with E-state index >= 15 is 0 Å². The quantitative estimate of drug-likeness (QED) is 0.614. The molecule has 0 spiro atoms. The third-order valence-electron chi connectivity index (χ3n) is 5.82. The minimum atomic E-state index is -3.76. The molecule has 1 N–H and O–H groups in total. The lowest BCUT2D eigenvalue weighted by atomic mass is 10.2. The molecular formula is C23H24F2N4O3S. The number of piperazine rings is 1. The van der Waals surface area contributed by atoms with Crippen molar-refractivity contribution >= 4 is 32.5 Å². The first-order chi connectivity index (χ1) is 15.7. The van der Waals surface area contributed by atoms with E-state index in [1.54, 1.807) is 25.3 Å². The van der Waals surface area contributed by atoms with E-state index < -0.39 is 27.7 Å². The number of aryl methyl sites for hydroxylation is 1. The zero-order chi connectivity index (χ0) is 23.8. The Bertz CT molecular complexity index is 1310. The van der Waals surface area contributed by atoms with Gasteiger partial charge in [-0.15, -0.1) is 0 Å². The van der Waals surface area contributed by atoms with Crippen molar-refractivity contribution < 1.29 is 22.0 Å². The van der Waals surface area contributed by atoms with Crippen molar-refractivity contribution in [3.63, 3.8) is 0 Å². The monoisotopic (exact) mass is 474 g/mol. The van der Waals surface area contributed by atoms with Crippen LogP contribution < -0.4 is 5.32 Å². The highest BCUT2D eigenvalue weighted by atomic mass is 32.2. The van der Waals surface area contributed by atoms with Crippen molar-refractivity contribution in [1.82, 2.24) is 14.2 Å². The molecule has 0 bridgehead atoms. The molecule has 3 aromatic rings. The fourth-order valence-corrected chi connectivity index (χ4v) is 5.50. The predicted molar refractivity (Wildman–Crippen MR) is 121 cm³/mol. The van der Waals surface area contributed by atoms with Crippen LogP contribution in [0.5, 0.6) is 0 Å². The van der Waals surface area contributed by atoms with Crippen LogP contribution in [0.25, 0.3) is 10.9 Å². The summed E-state index contributed by atoms with van der Waals surface area (Å²) in [7, 11) is -3.76. The normalized spacial score (nSPS) is 16.6. The number of fused-ring (bicyclic) bond motifs is 1. The summed E-state index contributed by atoms with van der Waals surface area (Å²) < 4.78 is 54.5. The first kappa shape index (κ1) is 23.2. The third kappa shape index (κ3) is 4.73. The summed E-state index contributed by atoms with van der Waals surface area (Å²) in [4.78, 5) is 18.9. The Morgan fingerprint density at radius 2 is 1.79 bits per heavy atom. The number of rotatable bonds is 5. The van der Waals surface area contributed by atoms with Crippen LogP contribution in [0.15, 0.2) is 53.6 Å². The average Bonchev–Trinajstić information content (AvgIpc) is 2.80. The maximum Gasteiger partial charge on any atom is 0.245 e. The highest BCUT2D eigenvalue weighted by Crippen LogP contribution is 2.26. The molecule has 0 saturated carbocycles. The fraction of sp³-hybridized carbons (Fsp3) is 0.304. The number of nitrogens with zero attached hydrogens (tertiary/aromatic N) is 3. The van der Waals surface area contributed by atoms with Gasteiger partial charge in [0, 0.05) is 49.5 Å². The number of amides is 1. The Hall–Kier alpha value is -2.95. The molecule has 2 aromatic carbocycles. The highest BCUT2D eigenvalue weighted by molar-refractivity contribution is 7.89. The minimum absolute atomic E-state index is 0.158. The standard InChI is InChI=1S/C23H24F2N4O3S/c1-15-12-17-4-3-5-21(22(17)26-14-15)33(31,32)29-10-8-28(9-11-29)16(2)23(30)27-18-6-7-19(24)20(25)13-18/h3-7,12-14,16H,8-11H2,1-2H3,(H,27,30). The number of benzene rings is 2. The molecule has 1 fully saturated rings. The molecule has 174 valence electrons. The molecule has 1 atom stereocenters. The van der Waals surface area contributed by atoms with E-state index in [1.165, 1.54) is 10.4 Å². The summed E-state index contributed by atoms with van der Waals surface area (Å²) in [6.45, 7) is 4.72. The molecule has 1 saturated heterocycles. The SMILES string of the molecule is Cc1cnc2c(S(=O)(=O)N3CCN(C(C)C(=O)Nc4ccc(F)c(F)c4)CC3)cccc2c1. The van der Waals surface area contributed by atoms with Crippen molar-refractivity contribution in [2.45, 2.75) is 24.8 Å². The number of carbonyl (C=O) groups is 1. The van der Waals surface area contributed by atoms with Gasteiger partial charge in [0.1, 0.15) is 4.90 Å². The number of pyridine rings is 1. The minimum Gasteiger partial charge on any atom is -0.325 e. The molecule has 0 radical (unpaired) electrons. The number of anilines is 1. The summed E-state index contributed by atoms with van der Waals surface area (Å²) >= 11 is 0. The summed E-state index contributed by atoms with van der Waals surface area (Å²) in [5.74, 6) is -2.42. The lowest BCUT2D eigenvalue weighted by Crippen LogP contribution is -2.53. The van der Waals surface area contributed by atoms with Crippen LogP contribution in [0.4, 0.5) is 14.5 Å². The van der Waals surface area contributed by atoms with E-state index in [2.05, 4.69) is 10.3 Å². The van der Waals surface area contributed by atoms with Gasteiger partial charge in [-0.3, -0.25) is 14.7 Å². The summed E-state index contributed by atoms with van der Waals surface area (Å²) in [5, 5.41) is 3.33. The lowest BCUT2D eigenvalue weighted by molar-refractivity contribution is -0.121. The van der Waals surface area contributed by atoms with Gasteiger partial charge in [-0.25, -0.2) is 17.2 Å². The molecule has 7 nitrogen and oxygen atoms in total. The van der Waals surface area contributed by atoms with Crippen LogP contribution in [-0.4, -0.2) is 60.7 Å². The van der Waals surface area contributed by atoms with E-state index in [-0.39, 0.29) is 29.6 Å². The van der Waals surface area contributed by atoms with E-state index in [1.807, 2.05) is 24.0 Å². The van der Waals surface area contributed by atoms with E-state index in [9.17, 15) is 22.0 Å². The second-order valence-corrected chi connectivity index (χ2v) is 9.98. The summed E-state index contributed by atoms with van der Waals surface area (Å²) in [6.07, 6.45) is 1.65. The molecule has 2 heterocycles. The van der Waals surface area contributed by atoms with Crippen molar-refractivity contribution in [1.29, 1.82) is 0 Å². The number of carbonyl (C=O) groups excluding carboxylic acids is 1. The number of halogens is 2. The van der Waals surface area contributed by atoms with Gasteiger partial charge in [0.2, 0.25) is 15.9 Å². The van der Waals surface area contributed by atoms with Crippen LogP contribution >= 0.6 is 0 Å². The van der Waals surface area contributed by atoms with E-state index in [0.29, 0.717) is 18.6 Å². The first-order valence-electron chi connectivity index (χ1n) is 10.5. The van der Waals surface area contributed by atoms with Gasteiger partial charge in [-0.1, -0.05) is 12.1 Å². The number of hydrogen-bond donors (Lipinski definition) is 1. The maximum atomic E-state index is 13.4. The Morgan fingerprint density at radius 1 is 1.06 bits per heavy atom. The number of hydrogen-bond acceptors (Lipinski definition) is 5.